The molecule has 0 spiro atoms. The van der Waals surface area contributed by atoms with Gasteiger partial charge in [-0.2, -0.15) is 0 Å². The standard InChI is InChI=1S/C14H13BrN2OS/c15-12-3-1-2-4-13(12)19-9-10-5-7-11(8-6-10)14(18)17-16/h1-8H,9,16H2,(H,17,18). The first kappa shape index (κ1) is 14.1. The van der Waals surface area contributed by atoms with Crippen molar-refractivity contribution in [3.8, 4) is 0 Å². The van der Waals surface area contributed by atoms with Gasteiger partial charge in [0.25, 0.3) is 5.91 Å². The molecule has 0 fully saturated rings. The third-order valence-electron chi connectivity index (χ3n) is 2.58. The Morgan fingerprint density at radius 2 is 1.84 bits per heavy atom. The van der Waals surface area contributed by atoms with Gasteiger partial charge in [0.2, 0.25) is 0 Å². The summed E-state index contributed by atoms with van der Waals surface area (Å²) in [5.41, 5.74) is 3.84. The number of halogens is 1. The first-order valence-electron chi connectivity index (χ1n) is 5.68. The molecule has 0 aliphatic heterocycles. The summed E-state index contributed by atoms with van der Waals surface area (Å²) in [7, 11) is 0. The van der Waals surface area contributed by atoms with E-state index in [1.807, 2.05) is 30.3 Å². The molecule has 0 saturated carbocycles. The van der Waals surface area contributed by atoms with E-state index in [1.54, 1.807) is 23.9 Å². The Balaban J connectivity index is 2.01. The van der Waals surface area contributed by atoms with E-state index in [2.05, 4.69) is 27.4 Å². The van der Waals surface area contributed by atoms with E-state index in [0.717, 1.165) is 15.8 Å². The largest absolute Gasteiger partial charge is 0.290 e. The zero-order chi connectivity index (χ0) is 13.7. The third-order valence-corrected chi connectivity index (χ3v) is 4.68. The van der Waals surface area contributed by atoms with Gasteiger partial charge in [-0.15, -0.1) is 11.8 Å². The molecule has 0 heterocycles. The minimum Gasteiger partial charge on any atom is -0.290 e. The highest BCUT2D eigenvalue weighted by atomic mass is 79.9. The van der Waals surface area contributed by atoms with Crippen LogP contribution >= 0.6 is 27.7 Å². The molecule has 0 saturated heterocycles. The molecule has 3 nitrogen and oxygen atoms in total. The zero-order valence-electron chi connectivity index (χ0n) is 10.1. The van der Waals surface area contributed by atoms with Crippen LogP contribution in [0.15, 0.2) is 57.9 Å². The average Bonchev–Trinajstić information content (AvgIpc) is 2.46. The maximum atomic E-state index is 11.3. The topological polar surface area (TPSA) is 55.1 Å². The summed E-state index contributed by atoms with van der Waals surface area (Å²) in [5, 5.41) is 0. The first-order chi connectivity index (χ1) is 9.20. The van der Waals surface area contributed by atoms with Gasteiger partial charge < -0.3 is 0 Å². The van der Waals surface area contributed by atoms with Crippen LogP contribution in [0.1, 0.15) is 15.9 Å². The molecule has 2 rings (SSSR count). The Morgan fingerprint density at radius 3 is 2.47 bits per heavy atom. The molecule has 0 aromatic heterocycles. The van der Waals surface area contributed by atoms with E-state index < -0.39 is 0 Å². The second-order valence-electron chi connectivity index (χ2n) is 3.89. The molecule has 2 aromatic rings. The highest BCUT2D eigenvalue weighted by Gasteiger charge is 2.04. The Morgan fingerprint density at radius 1 is 1.16 bits per heavy atom. The van der Waals surface area contributed by atoms with E-state index in [4.69, 9.17) is 5.84 Å². The van der Waals surface area contributed by atoms with Gasteiger partial charge in [0.15, 0.2) is 0 Å². The number of thioether (sulfide) groups is 1. The van der Waals surface area contributed by atoms with Gasteiger partial charge in [-0.1, -0.05) is 24.3 Å². The summed E-state index contributed by atoms with van der Waals surface area (Å²) < 4.78 is 1.10. The molecule has 0 radical (unpaired) electrons. The van der Waals surface area contributed by atoms with Crippen LogP contribution in [-0.4, -0.2) is 5.91 Å². The second-order valence-corrected chi connectivity index (χ2v) is 5.76. The van der Waals surface area contributed by atoms with Crippen molar-refractivity contribution in [2.75, 3.05) is 0 Å². The lowest BCUT2D eigenvalue weighted by Gasteiger charge is -2.05. The number of carbonyl (C=O) groups is 1. The van der Waals surface area contributed by atoms with Gasteiger partial charge in [-0.25, -0.2) is 5.84 Å². The van der Waals surface area contributed by atoms with Crippen LogP contribution < -0.4 is 11.3 Å². The van der Waals surface area contributed by atoms with Gasteiger partial charge in [0.1, 0.15) is 0 Å². The Bertz CT molecular complexity index is 572. The number of benzene rings is 2. The Hall–Kier alpha value is -1.30. The van der Waals surface area contributed by atoms with Crippen molar-refractivity contribution in [1.29, 1.82) is 0 Å². The monoisotopic (exact) mass is 336 g/mol. The predicted octanol–water partition coefficient (Wildman–Crippen LogP) is 3.34. The minimum absolute atomic E-state index is 0.273. The Kier molecular flexibility index (Phi) is 5.01. The molecule has 98 valence electrons. The van der Waals surface area contributed by atoms with Crippen molar-refractivity contribution in [3.63, 3.8) is 0 Å². The fourth-order valence-electron chi connectivity index (χ4n) is 1.56. The van der Waals surface area contributed by atoms with Crippen molar-refractivity contribution in [2.24, 2.45) is 5.84 Å². The van der Waals surface area contributed by atoms with Crippen LogP contribution in [0.3, 0.4) is 0 Å². The van der Waals surface area contributed by atoms with Gasteiger partial charge in [-0.05, 0) is 45.8 Å². The summed E-state index contributed by atoms with van der Waals surface area (Å²) in [4.78, 5) is 12.5. The van der Waals surface area contributed by atoms with E-state index in [-0.39, 0.29) is 5.91 Å². The SMILES string of the molecule is NNC(=O)c1ccc(CSc2ccccc2Br)cc1. The molecule has 0 atom stereocenters. The molecular formula is C14H13BrN2OS. The van der Waals surface area contributed by atoms with Crippen LogP contribution in [0.2, 0.25) is 0 Å². The molecular weight excluding hydrogens is 324 g/mol. The van der Waals surface area contributed by atoms with Crippen LogP contribution in [0, 0.1) is 0 Å². The van der Waals surface area contributed by atoms with Crippen LogP contribution in [-0.2, 0) is 5.75 Å². The van der Waals surface area contributed by atoms with Crippen molar-refractivity contribution >= 4 is 33.6 Å². The molecule has 3 N–H and O–H groups in total. The minimum atomic E-state index is -0.273. The lowest BCUT2D eigenvalue weighted by molar-refractivity contribution is 0.0953. The third kappa shape index (κ3) is 3.83. The highest BCUT2D eigenvalue weighted by molar-refractivity contribution is 9.10. The fraction of sp³-hybridized carbons (Fsp3) is 0.0714. The number of rotatable bonds is 4. The molecule has 0 bridgehead atoms. The van der Waals surface area contributed by atoms with E-state index >= 15 is 0 Å². The number of nitrogens with two attached hydrogens (primary N) is 1. The van der Waals surface area contributed by atoms with Crippen LogP contribution in [0.5, 0.6) is 0 Å². The fourth-order valence-corrected chi connectivity index (χ4v) is 3.08. The van der Waals surface area contributed by atoms with Gasteiger partial charge in [0, 0.05) is 20.7 Å². The number of hydrazine groups is 1. The van der Waals surface area contributed by atoms with Gasteiger partial charge in [0.05, 0.1) is 0 Å². The molecule has 19 heavy (non-hydrogen) atoms. The zero-order valence-corrected chi connectivity index (χ0v) is 12.5. The lowest BCUT2D eigenvalue weighted by atomic mass is 10.1. The average molecular weight is 337 g/mol. The molecule has 1 amide bonds. The quantitative estimate of drug-likeness (QED) is 0.389. The molecule has 0 unspecified atom stereocenters. The summed E-state index contributed by atoms with van der Waals surface area (Å²) in [5.74, 6) is 5.67. The van der Waals surface area contributed by atoms with E-state index in [9.17, 15) is 4.79 Å². The van der Waals surface area contributed by atoms with E-state index in [0.29, 0.717) is 5.56 Å². The lowest BCUT2D eigenvalue weighted by Crippen LogP contribution is -2.29. The number of nitrogen functional groups attached to an aromatic ring is 1. The van der Waals surface area contributed by atoms with Gasteiger partial charge in [-0.3, -0.25) is 10.2 Å². The summed E-state index contributed by atoms with van der Waals surface area (Å²) in [6.07, 6.45) is 0. The summed E-state index contributed by atoms with van der Waals surface area (Å²) >= 11 is 5.27. The number of hydrogen-bond donors (Lipinski definition) is 2. The number of carbonyl (C=O) groups excluding carboxylic acids is 1. The number of nitrogens with one attached hydrogen (secondary N) is 1. The normalized spacial score (nSPS) is 10.2. The second kappa shape index (κ2) is 6.75. The highest BCUT2D eigenvalue weighted by Crippen LogP contribution is 2.29. The molecule has 2 aromatic carbocycles. The van der Waals surface area contributed by atoms with E-state index in [1.165, 1.54) is 4.90 Å². The first-order valence-corrected chi connectivity index (χ1v) is 7.46. The smallest absolute Gasteiger partial charge is 0.265 e. The number of amides is 1. The van der Waals surface area contributed by atoms with Crippen molar-refractivity contribution in [1.82, 2.24) is 5.43 Å². The number of hydrogen-bond acceptors (Lipinski definition) is 3. The summed E-state index contributed by atoms with van der Waals surface area (Å²) in [6.45, 7) is 0. The molecule has 5 heteroatoms. The Labute approximate surface area is 124 Å². The summed E-state index contributed by atoms with van der Waals surface area (Å²) in [6, 6.07) is 15.5. The van der Waals surface area contributed by atoms with Crippen LogP contribution in [0.4, 0.5) is 0 Å². The maximum Gasteiger partial charge on any atom is 0.265 e. The van der Waals surface area contributed by atoms with Crippen molar-refractivity contribution < 1.29 is 4.79 Å². The van der Waals surface area contributed by atoms with Gasteiger partial charge >= 0.3 is 0 Å². The van der Waals surface area contributed by atoms with Crippen molar-refractivity contribution in [2.45, 2.75) is 10.6 Å². The van der Waals surface area contributed by atoms with Crippen molar-refractivity contribution in [3.05, 3.63) is 64.1 Å². The predicted molar refractivity (Wildman–Crippen MR) is 81.8 cm³/mol. The molecule has 0 aliphatic rings. The maximum absolute atomic E-state index is 11.3. The van der Waals surface area contributed by atoms with Crippen LogP contribution in [0.25, 0.3) is 0 Å². The molecule has 0 aliphatic carbocycles.